The smallest absolute Gasteiger partial charge is 0.247 e. The largest absolute Gasteiger partial charge is 0.497 e. The molecule has 0 spiro atoms. The van der Waals surface area contributed by atoms with E-state index < -0.39 is 30.1 Å². The van der Waals surface area contributed by atoms with Crippen molar-refractivity contribution in [3.8, 4) is 17.2 Å². The third kappa shape index (κ3) is 5.73. The zero-order valence-electron chi connectivity index (χ0n) is 24.0. The molecule has 0 aromatic heterocycles. The van der Waals surface area contributed by atoms with Gasteiger partial charge in [-0.25, -0.2) is 0 Å². The molecule has 2 aromatic rings. The van der Waals surface area contributed by atoms with E-state index in [0.29, 0.717) is 53.2 Å². The number of carbonyl (C=O) groups excluding carboxylic acids is 3. The third-order valence-corrected chi connectivity index (χ3v) is 8.53. The van der Waals surface area contributed by atoms with Crippen LogP contribution in [0.3, 0.4) is 0 Å². The monoisotopic (exact) mass is 578 g/mol. The summed E-state index contributed by atoms with van der Waals surface area (Å²) in [5, 5.41) is 23.9. The van der Waals surface area contributed by atoms with Crippen LogP contribution in [0.5, 0.6) is 17.2 Å². The SMILES string of the molecule is COc1cccc(CCN(C(=O)C2CCCC2)[C@@H]2C=C(C(=O)NCCO)[C@@H]3c4cc(C=O)cc(OC)c4O[C@@H]3[C@H]2O)c1. The van der Waals surface area contributed by atoms with Crippen molar-refractivity contribution in [2.45, 2.75) is 56.3 Å². The lowest BCUT2D eigenvalue weighted by molar-refractivity contribution is -0.141. The van der Waals surface area contributed by atoms with E-state index in [-0.39, 0.29) is 25.0 Å². The molecule has 224 valence electrons. The number of aliphatic hydroxyl groups excluding tert-OH is 2. The summed E-state index contributed by atoms with van der Waals surface area (Å²) in [6.07, 6.45) is 4.30. The first-order valence-corrected chi connectivity index (χ1v) is 14.5. The fourth-order valence-corrected chi connectivity index (χ4v) is 6.45. The molecule has 2 amide bonds. The molecule has 2 aromatic carbocycles. The first-order valence-electron chi connectivity index (χ1n) is 14.5. The number of methoxy groups -OCH3 is 2. The highest BCUT2D eigenvalue weighted by Gasteiger charge is 2.51. The van der Waals surface area contributed by atoms with Crippen LogP contribution in [-0.4, -0.2) is 85.4 Å². The van der Waals surface area contributed by atoms with Gasteiger partial charge in [0.15, 0.2) is 11.5 Å². The number of aldehydes is 1. The van der Waals surface area contributed by atoms with Crippen molar-refractivity contribution in [3.05, 3.63) is 64.7 Å². The molecule has 3 N–H and O–H groups in total. The Morgan fingerprint density at radius 3 is 2.62 bits per heavy atom. The molecule has 1 heterocycles. The second-order valence-corrected chi connectivity index (χ2v) is 11.0. The van der Waals surface area contributed by atoms with E-state index in [1.165, 1.54) is 7.11 Å². The molecule has 2 aliphatic carbocycles. The summed E-state index contributed by atoms with van der Waals surface area (Å²) in [7, 11) is 3.06. The minimum atomic E-state index is -1.17. The number of benzene rings is 2. The van der Waals surface area contributed by atoms with Crippen LogP contribution in [0.2, 0.25) is 0 Å². The number of ether oxygens (including phenoxy) is 3. The lowest BCUT2D eigenvalue weighted by Crippen LogP contribution is -2.57. The molecular formula is C32H38N2O8. The topological polar surface area (TPSA) is 135 Å². The van der Waals surface area contributed by atoms with E-state index in [1.807, 2.05) is 24.3 Å². The van der Waals surface area contributed by atoms with E-state index in [2.05, 4.69) is 5.32 Å². The van der Waals surface area contributed by atoms with Crippen LogP contribution in [0.4, 0.5) is 0 Å². The highest BCUT2D eigenvalue weighted by atomic mass is 16.5. The number of hydrogen-bond donors (Lipinski definition) is 3. The number of hydrogen-bond acceptors (Lipinski definition) is 8. The maximum Gasteiger partial charge on any atom is 0.247 e. The van der Waals surface area contributed by atoms with E-state index >= 15 is 0 Å². The zero-order chi connectivity index (χ0) is 29.8. The van der Waals surface area contributed by atoms with Crippen molar-refractivity contribution >= 4 is 18.1 Å². The number of fused-ring (bicyclic) bond motifs is 3. The van der Waals surface area contributed by atoms with Crippen LogP contribution in [0.15, 0.2) is 48.0 Å². The van der Waals surface area contributed by atoms with Gasteiger partial charge in [-0.1, -0.05) is 25.0 Å². The highest BCUT2D eigenvalue weighted by molar-refractivity contribution is 5.96. The van der Waals surface area contributed by atoms with Gasteiger partial charge in [0.1, 0.15) is 24.2 Å². The number of nitrogens with one attached hydrogen (secondary N) is 1. The van der Waals surface area contributed by atoms with Crippen LogP contribution in [0.25, 0.3) is 0 Å². The molecule has 1 fully saturated rings. The molecule has 1 aliphatic heterocycles. The fraction of sp³-hybridized carbons (Fsp3) is 0.469. The van der Waals surface area contributed by atoms with Crippen LogP contribution < -0.4 is 19.5 Å². The van der Waals surface area contributed by atoms with Crippen LogP contribution in [0, 0.1) is 5.92 Å². The lowest BCUT2D eigenvalue weighted by Gasteiger charge is -2.41. The normalized spacial score (nSPS) is 22.8. The van der Waals surface area contributed by atoms with Gasteiger partial charge in [0, 0.05) is 35.7 Å². The lowest BCUT2D eigenvalue weighted by atomic mass is 9.77. The average Bonchev–Trinajstić information content (AvgIpc) is 3.69. The molecule has 4 atom stereocenters. The summed E-state index contributed by atoms with van der Waals surface area (Å²) < 4.78 is 17.2. The molecule has 10 heteroatoms. The standard InChI is InChI=1S/C32H38N2O8/c1-40-22-9-5-6-19(14-22)10-12-34(32(39)21-7-3-4-8-21)25-17-24(31(38)33-11-13-35)27-23-15-20(18-36)16-26(41-2)29(23)42-30(27)28(25)37/h5-6,9,14-18,21,25,27-28,30,35,37H,3-4,7-8,10-13H2,1-2H3,(H,33,38)/t25-,27+,28+,30+/m1/s1. The van der Waals surface area contributed by atoms with Crippen molar-refractivity contribution in [1.29, 1.82) is 0 Å². The predicted octanol–water partition coefficient (Wildman–Crippen LogP) is 2.40. The highest BCUT2D eigenvalue weighted by Crippen LogP contribution is 2.51. The Morgan fingerprint density at radius 1 is 1.14 bits per heavy atom. The Balaban J connectivity index is 1.55. The summed E-state index contributed by atoms with van der Waals surface area (Å²) >= 11 is 0. The summed E-state index contributed by atoms with van der Waals surface area (Å²) in [5.74, 6) is 0.0241. The number of amides is 2. The van der Waals surface area contributed by atoms with E-state index in [0.717, 1.165) is 31.2 Å². The van der Waals surface area contributed by atoms with Crippen LogP contribution >= 0.6 is 0 Å². The Kier molecular flexibility index (Phi) is 9.13. The first kappa shape index (κ1) is 29.6. The molecule has 0 saturated heterocycles. The molecule has 42 heavy (non-hydrogen) atoms. The Hall–Kier alpha value is -3.89. The van der Waals surface area contributed by atoms with Crippen molar-refractivity contribution in [3.63, 3.8) is 0 Å². The van der Waals surface area contributed by atoms with Crippen LogP contribution in [-0.2, 0) is 16.0 Å². The molecule has 10 nitrogen and oxygen atoms in total. The second kappa shape index (κ2) is 13.0. The molecule has 0 unspecified atom stereocenters. The second-order valence-electron chi connectivity index (χ2n) is 11.0. The molecule has 3 aliphatic rings. The predicted molar refractivity (Wildman–Crippen MR) is 154 cm³/mol. The number of carbonyl (C=O) groups is 3. The van der Waals surface area contributed by atoms with Crippen LogP contribution in [0.1, 0.15) is 53.1 Å². The minimum Gasteiger partial charge on any atom is -0.497 e. The summed E-state index contributed by atoms with van der Waals surface area (Å²) in [4.78, 5) is 40.9. The minimum absolute atomic E-state index is 0.0345. The zero-order valence-corrected chi connectivity index (χ0v) is 24.0. The maximum absolute atomic E-state index is 14.0. The van der Waals surface area contributed by atoms with Crippen molar-refractivity contribution < 1.29 is 38.8 Å². The molecule has 0 radical (unpaired) electrons. The van der Waals surface area contributed by atoms with Gasteiger partial charge in [0.2, 0.25) is 11.8 Å². The Labute approximate surface area is 245 Å². The van der Waals surface area contributed by atoms with Gasteiger partial charge in [0.25, 0.3) is 0 Å². The average molecular weight is 579 g/mol. The van der Waals surface area contributed by atoms with Crippen molar-refractivity contribution in [2.75, 3.05) is 33.9 Å². The molecule has 0 bridgehead atoms. The van der Waals surface area contributed by atoms with E-state index in [1.54, 1.807) is 30.2 Å². The van der Waals surface area contributed by atoms with Gasteiger partial charge < -0.3 is 34.6 Å². The van der Waals surface area contributed by atoms with Gasteiger partial charge in [-0.3, -0.25) is 14.4 Å². The summed E-state index contributed by atoms with van der Waals surface area (Å²) in [5.41, 5.74) is 2.17. The number of nitrogens with zero attached hydrogens (tertiary/aromatic N) is 1. The summed E-state index contributed by atoms with van der Waals surface area (Å²) in [6, 6.07) is 9.98. The van der Waals surface area contributed by atoms with Gasteiger partial charge in [0.05, 0.1) is 32.8 Å². The summed E-state index contributed by atoms with van der Waals surface area (Å²) in [6.45, 7) is 0.101. The molecule has 1 saturated carbocycles. The molecular weight excluding hydrogens is 540 g/mol. The van der Waals surface area contributed by atoms with Gasteiger partial charge in [-0.2, -0.15) is 0 Å². The maximum atomic E-state index is 14.0. The Bertz CT molecular complexity index is 1350. The van der Waals surface area contributed by atoms with E-state index in [4.69, 9.17) is 14.2 Å². The third-order valence-electron chi connectivity index (χ3n) is 8.53. The van der Waals surface area contributed by atoms with Gasteiger partial charge in [-0.05, 0) is 55.2 Å². The van der Waals surface area contributed by atoms with Gasteiger partial charge >= 0.3 is 0 Å². The fourth-order valence-electron chi connectivity index (χ4n) is 6.45. The number of aliphatic hydroxyl groups is 2. The first-order chi connectivity index (χ1) is 20.4. The van der Waals surface area contributed by atoms with Gasteiger partial charge in [-0.15, -0.1) is 0 Å². The van der Waals surface area contributed by atoms with Crippen molar-refractivity contribution in [1.82, 2.24) is 10.2 Å². The van der Waals surface area contributed by atoms with Crippen molar-refractivity contribution in [2.24, 2.45) is 5.92 Å². The Morgan fingerprint density at radius 2 is 1.93 bits per heavy atom. The quantitative estimate of drug-likeness (QED) is 0.346. The van der Waals surface area contributed by atoms with E-state index in [9.17, 15) is 24.6 Å². The number of rotatable bonds is 11. The molecule has 5 rings (SSSR count).